The lowest BCUT2D eigenvalue weighted by atomic mass is 10.1. The molecular weight excluding hydrogens is 378 g/mol. The van der Waals surface area contributed by atoms with Crippen LogP contribution in [-0.2, 0) is 6.54 Å². The topological polar surface area (TPSA) is 72.4 Å². The fourth-order valence-corrected chi connectivity index (χ4v) is 3.75. The molecular formula is C24H17N3O3. The van der Waals surface area contributed by atoms with Crippen molar-refractivity contribution in [1.29, 1.82) is 0 Å². The second kappa shape index (κ2) is 7.33. The predicted molar refractivity (Wildman–Crippen MR) is 116 cm³/mol. The maximum atomic E-state index is 11.4. The Bertz CT molecular complexity index is 1230. The summed E-state index contributed by atoms with van der Waals surface area (Å²) in [6.45, 7) is 0.448. The minimum absolute atomic E-state index is 0.00649. The normalized spacial score (nSPS) is 12.2. The van der Waals surface area contributed by atoms with Crippen LogP contribution >= 0.6 is 0 Å². The first-order valence-corrected chi connectivity index (χ1v) is 9.54. The van der Waals surface area contributed by atoms with E-state index in [0.717, 1.165) is 22.5 Å². The molecule has 0 unspecified atom stereocenters. The Labute approximate surface area is 172 Å². The Morgan fingerprint density at radius 3 is 2.13 bits per heavy atom. The van der Waals surface area contributed by atoms with Gasteiger partial charge < -0.3 is 9.42 Å². The molecule has 0 saturated carbocycles. The van der Waals surface area contributed by atoms with Gasteiger partial charge in [-0.1, -0.05) is 65.8 Å². The lowest BCUT2D eigenvalue weighted by molar-refractivity contribution is -0.384. The Balaban J connectivity index is 1.55. The number of hydrogen-bond donors (Lipinski definition) is 0. The van der Waals surface area contributed by atoms with Crippen LogP contribution in [0.5, 0.6) is 0 Å². The first-order valence-electron chi connectivity index (χ1n) is 9.54. The largest absolute Gasteiger partial charge is 0.359 e. The summed E-state index contributed by atoms with van der Waals surface area (Å²) in [7, 11) is 0. The van der Waals surface area contributed by atoms with Gasteiger partial charge in [0.05, 0.1) is 17.0 Å². The Morgan fingerprint density at radius 1 is 0.867 bits per heavy atom. The molecule has 0 saturated heterocycles. The lowest BCUT2D eigenvalue weighted by Gasteiger charge is -2.25. The molecule has 2 heterocycles. The fraction of sp³-hybridized carbons (Fsp3) is 0.0417. The minimum Gasteiger partial charge on any atom is -0.359 e. The van der Waals surface area contributed by atoms with Gasteiger partial charge in [-0.3, -0.25) is 10.1 Å². The van der Waals surface area contributed by atoms with Gasteiger partial charge in [-0.05, 0) is 29.3 Å². The van der Waals surface area contributed by atoms with Crippen molar-refractivity contribution in [2.45, 2.75) is 6.54 Å². The van der Waals surface area contributed by atoms with Crippen LogP contribution in [-0.4, -0.2) is 10.1 Å². The molecule has 0 spiro atoms. The first kappa shape index (κ1) is 17.9. The second-order valence-corrected chi connectivity index (χ2v) is 6.99. The van der Waals surface area contributed by atoms with Crippen LogP contribution in [0.1, 0.15) is 16.9 Å². The average Bonchev–Trinajstić information content (AvgIpc) is 3.19. The summed E-state index contributed by atoms with van der Waals surface area (Å²) in [4.78, 5) is 13.1. The van der Waals surface area contributed by atoms with E-state index >= 15 is 0 Å². The predicted octanol–water partition coefficient (Wildman–Crippen LogP) is 6.07. The molecule has 0 amide bonds. The zero-order valence-electron chi connectivity index (χ0n) is 15.9. The van der Waals surface area contributed by atoms with E-state index in [9.17, 15) is 10.1 Å². The number of para-hydroxylation sites is 3. The third kappa shape index (κ3) is 3.14. The SMILES string of the molecule is O=[N+]([O-])c1ccccc1-c1cc(CN2c3ccccc3C=Cc3ccccc32)on1. The van der Waals surface area contributed by atoms with Crippen molar-refractivity contribution in [3.63, 3.8) is 0 Å². The number of nitrogens with zero attached hydrogens (tertiary/aromatic N) is 3. The fourth-order valence-electron chi connectivity index (χ4n) is 3.75. The number of hydrogen-bond acceptors (Lipinski definition) is 5. The number of nitro groups is 1. The van der Waals surface area contributed by atoms with Crippen LogP contribution in [0, 0.1) is 10.1 Å². The van der Waals surface area contributed by atoms with Gasteiger partial charge in [-0.25, -0.2) is 0 Å². The molecule has 0 bridgehead atoms. The monoisotopic (exact) mass is 395 g/mol. The van der Waals surface area contributed by atoms with Gasteiger partial charge in [-0.2, -0.15) is 0 Å². The van der Waals surface area contributed by atoms with Gasteiger partial charge in [0.2, 0.25) is 0 Å². The summed E-state index contributed by atoms with van der Waals surface area (Å²) in [5.74, 6) is 0.620. The zero-order valence-corrected chi connectivity index (χ0v) is 15.9. The van der Waals surface area contributed by atoms with Crippen molar-refractivity contribution in [2.24, 2.45) is 0 Å². The van der Waals surface area contributed by atoms with Crippen molar-refractivity contribution in [3.8, 4) is 11.3 Å². The number of aromatic nitrogens is 1. The molecule has 3 aromatic carbocycles. The van der Waals surface area contributed by atoms with Crippen LogP contribution in [0.2, 0.25) is 0 Å². The van der Waals surface area contributed by atoms with Gasteiger partial charge in [-0.15, -0.1) is 0 Å². The molecule has 1 aliphatic rings. The Hall–Kier alpha value is -4.19. The molecule has 0 aliphatic carbocycles. The van der Waals surface area contributed by atoms with E-state index < -0.39 is 4.92 Å². The summed E-state index contributed by atoms with van der Waals surface area (Å²) >= 11 is 0. The van der Waals surface area contributed by atoms with E-state index in [1.807, 2.05) is 24.3 Å². The summed E-state index contributed by atoms with van der Waals surface area (Å²) in [6.07, 6.45) is 4.21. The van der Waals surface area contributed by atoms with E-state index in [1.165, 1.54) is 6.07 Å². The smallest absolute Gasteiger partial charge is 0.278 e. The van der Waals surface area contributed by atoms with Crippen molar-refractivity contribution in [2.75, 3.05) is 4.90 Å². The Morgan fingerprint density at radius 2 is 1.47 bits per heavy atom. The van der Waals surface area contributed by atoms with Gasteiger partial charge in [0, 0.05) is 23.5 Å². The zero-order chi connectivity index (χ0) is 20.5. The molecule has 0 fully saturated rings. The number of rotatable bonds is 4. The van der Waals surface area contributed by atoms with Crippen LogP contribution in [0.3, 0.4) is 0 Å². The molecule has 0 N–H and O–H groups in total. The first-order chi connectivity index (χ1) is 14.7. The molecule has 5 rings (SSSR count). The van der Waals surface area contributed by atoms with Crippen molar-refractivity contribution >= 4 is 29.2 Å². The number of anilines is 2. The van der Waals surface area contributed by atoms with E-state index in [1.54, 1.807) is 24.3 Å². The third-order valence-corrected chi connectivity index (χ3v) is 5.15. The van der Waals surface area contributed by atoms with Crippen molar-refractivity contribution in [3.05, 3.63) is 106 Å². The van der Waals surface area contributed by atoms with Gasteiger partial charge in [0.15, 0.2) is 5.76 Å². The summed E-state index contributed by atoms with van der Waals surface area (Å²) in [6, 6.07) is 24.6. The molecule has 1 aliphatic heterocycles. The molecule has 6 nitrogen and oxygen atoms in total. The van der Waals surface area contributed by atoms with E-state index in [4.69, 9.17) is 4.52 Å². The molecule has 1 aromatic heterocycles. The standard InChI is InChI=1S/C24H17N3O3/c28-27(29)24-12-6-3-9-20(24)21-15-19(30-25-21)16-26-22-10-4-1-7-17(22)13-14-18-8-2-5-11-23(18)26/h1-15H,16H2. The van der Waals surface area contributed by atoms with Gasteiger partial charge >= 0.3 is 0 Å². The van der Waals surface area contributed by atoms with Crippen LogP contribution in [0.4, 0.5) is 17.1 Å². The highest BCUT2D eigenvalue weighted by Crippen LogP contribution is 2.38. The quantitative estimate of drug-likeness (QED) is 0.310. The van der Waals surface area contributed by atoms with Gasteiger partial charge in [0.25, 0.3) is 5.69 Å². The highest BCUT2D eigenvalue weighted by atomic mass is 16.6. The highest BCUT2D eigenvalue weighted by molar-refractivity contribution is 5.88. The van der Waals surface area contributed by atoms with Crippen LogP contribution in [0.15, 0.2) is 83.4 Å². The molecule has 146 valence electrons. The van der Waals surface area contributed by atoms with Crippen LogP contribution < -0.4 is 4.90 Å². The van der Waals surface area contributed by atoms with E-state index in [2.05, 4.69) is 46.5 Å². The molecule has 4 aromatic rings. The number of nitro benzene ring substituents is 1. The molecule has 30 heavy (non-hydrogen) atoms. The van der Waals surface area contributed by atoms with E-state index in [0.29, 0.717) is 23.6 Å². The second-order valence-electron chi connectivity index (χ2n) is 6.99. The summed E-state index contributed by atoms with van der Waals surface area (Å²) in [5.41, 5.74) is 5.22. The maximum Gasteiger partial charge on any atom is 0.278 e. The lowest BCUT2D eigenvalue weighted by Crippen LogP contribution is -2.17. The maximum absolute atomic E-state index is 11.4. The summed E-state index contributed by atoms with van der Waals surface area (Å²) in [5, 5.41) is 15.5. The molecule has 0 radical (unpaired) electrons. The highest BCUT2D eigenvalue weighted by Gasteiger charge is 2.22. The average molecular weight is 395 g/mol. The minimum atomic E-state index is -0.406. The van der Waals surface area contributed by atoms with E-state index in [-0.39, 0.29) is 5.69 Å². The number of fused-ring (bicyclic) bond motifs is 2. The Kier molecular flexibility index (Phi) is 4.37. The third-order valence-electron chi connectivity index (χ3n) is 5.15. The van der Waals surface area contributed by atoms with Gasteiger partial charge in [0.1, 0.15) is 5.69 Å². The summed E-state index contributed by atoms with van der Waals surface area (Å²) < 4.78 is 5.59. The van der Waals surface area contributed by atoms with Crippen LogP contribution in [0.25, 0.3) is 23.4 Å². The van der Waals surface area contributed by atoms with Crippen molar-refractivity contribution in [1.82, 2.24) is 5.16 Å². The molecule has 0 atom stereocenters. The van der Waals surface area contributed by atoms with Crippen molar-refractivity contribution < 1.29 is 9.45 Å². The number of benzene rings is 3. The molecule has 6 heteroatoms.